The van der Waals surface area contributed by atoms with Crippen LogP contribution in [-0.4, -0.2) is 19.0 Å². The van der Waals surface area contributed by atoms with E-state index in [9.17, 15) is 14.0 Å². The number of carbonyl (C=O) groups excluding carboxylic acids is 2. The van der Waals surface area contributed by atoms with E-state index in [1.807, 2.05) is 0 Å². The predicted molar refractivity (Wildman–Crippen MR) is 84.8 cm³/mol. The highest BCUT2D eigenvalue weighted by Crippen LogP contribution is 2.48. The van der Waals surface area contributed by atoms with Gasteiger partial charge in [-0.25, -0.2) is 9.18 Å². The summed E-state index contributed by atoms with van der Waals surface area (Å²) in [5.74, 6) is -1.48. The first kappa shape index (κ1) is 16.2. The minimum absolute atomic E-state index is 0.0736. The van der Waals surface area contributed by atoms with Crippen LogP contribution in [0.2, 0.25) is 0 Å². The van der Waals surface area contributed by atoms with Gasteiger partial charge in [-0.15, -0.1) is 0 Å². The molecule has 2 atom stereocenters. The number of hydrogen-bond donors (Lipinski definition) is 0. The number of carbonyl (C=O) groups is 2. The van der Waals surface area contributed by atoms with E-state index in [-0.39, 0.29) is 30.2 Å². The van der Waals surface area contributed by atoms with Crippen LogP contribution in [-0.2, 0) is 20.9 Å². The van der Waals surface area contributed by atoms with E-state index in [0.29, 0.717) is 23.1 Å². The Morgan fingerprint density at radius 2 is 1.96 bits per heavy atom. The van der Waals surface area contributed by atoms with E-state index in [1.54, 1.807) is 42.5 Å². The molecular formula is C19H17FO4. The molecule has 1 saturated carbocycles. The Morgan fingerprint density at radius 1 is 1.17 bits per heavy atom. The number of hydrogen-bond acceptors (Lipinski definition) is 4. The Hall–Kier alpha value is -2.69. The summed E-state index contributed by atoms with van der Waals surface area (Å²) in [6.45, 7) is 0.0736. The number of benzene rings is 2. The maximum absolute atomic E-state index is 13.7. The van der Waals surface area contributed by atoms with Crippen LogP contribution in [0.1, 0.15) is 33.8 Å². The minimum Gasteiger partial charge on any atom is -0.465 e. The molecule has 0 radical (unpaired) electrons. The molecule has 0 aromatic heterocycles. The highest BCUT2D eigenvalue weighted by molar-refractivity contribution is 5.89. The lowest BCUT2D eigenvalue weighted by atomic mass is 10.1. The first-order valence-corrected chi connectivity index (χ1v) is 7.68. The predicted octanol–water partition coefficient (Wildman–Crippen LogP) is 3.46. The second-order valence-electron chi connectivity index (χ2n) is 5.77. The minimum atomic E-state index is -0.440. The molecule has 0 heterocycles. The van der Waals surface area contributed by atoms with Gasteiger partial charge in [-0.05, 0) is 35.7 Å². The number of ether oxygens (including phenoxy) is 2. The molecule has 124 valence electrons. The van der Waals surface area contributed by atoms with Crippen molar-refractivity contribution in [1.82, 2.24) is 0 Å². The average molecular weight is 328 g/mol. The van der Waals surface area contributed by atoms with Crippen LogP contribution >= 0.6 is 0 Å². The molecule has 0 spiro atoms. The molecule has 0 saturated heterocycles. The Balaban J connectivity index is 1.58. The number of methoxy groups -OCH3 is 1. The molecule has 0 amide bonds. The van der Waals surface area contributed by atoms with Gasteiger partial charge < -0.3 is 9.47 Å². The molecule has 24 heavy (non-hydrogen) atoms. The highest BCUT2D eigenvalue weighted by Gasteiger charge is 2.46. The van der Waals surface area contributed by atoms with Crippen molar-refractivity contribution in [2.24, 2.45) is 5.92 Å². The normalized spacial score (nSPS) is 18.8. The summed E-state index contributed by atoms with van der Waals surface area (Å²) >= 11 is 0. The molecule has 2 unspecified atom stereocenters. The Kier molecular flexibility index (Phi) is 4.60. The fourth-order valence-corrected chi connectivity index (χ4v) is 2.74. The van der Waals surface area contributed by atoms with Crippen LogP contribution in [0, 0.1) is 11.7 Å². The zero-order valence-electron chi connectivity index (χ0n) is 13.2. The van der Waals surface area contributed by atoms with Gasteiger partial charge in [-0.2, -0.15) is 0 Å². The summed E-state index contributed by atoms with van der Waals surface area (Å²) in [4.78, 5) is 23.6. The van der Waals surface area contributed by atoms with Crippen LogP contribution in [0.4, 0.5) is 4.39 Å². The fourth-order valence-electron chi connectivity index (χ4n) is 2.74. The summed E-state index contributed by atoms with van der Waals surface area (Å²) in [7, 11) is 1.31. The molecule has 1 fully saturated rings. The monoisotopic (exact) mass is 328 g/mol. The van der Waals surface area contributed by atoms with E-state index in [2.05, 4.69) is 4.74 Å². The van der Waals surface area contributed by atoms with Crippen LogP contribution in [0.25, 0.3) is 0 Å². The third-order valence-corrected chi connectivity index (χ3v) is 4.13. The van der Waals surface area contributed by atoms with Crippen molar-refractivity contribution in [1.29, 1.82) is 0 Å². The molecule has 0 N–H and O–H groups in total. The highest BCUT2D eigenvalue weighted by atomic mass is 19.1. The van der Waals surface area contributed by atoms with Crippen LogP contribution < -0.4 is 0 Å². The molecule has 2 aromatic carbocycles. The van der Waals surface area contributed by atoms with Crippen molar-refractivity contribution in [3.63, 3.8) is 0 Å². The molecular weight excluding hydrogens is 311 g/mol. The standard InChI is InChI=1S/C19H17FO4/c1-23-18(21)13-6-4-5-12(9-13)11-24-19(22)16-10-15(16)14-7-2-3-8-17(14)20/h2-9,15-16H,10-11H2,1H3. The van der Waals surface area contributed by atoms with E-state index >= 15 is 0 Å². The second kappa shape index (κ2) is 6.83. The van der Waals surface area contributed by atoms with Crippen LogP contribution in [0.3, 0.4) is 0 Å². The molecule has 1 aliphatic carbocycles. The topological polar surface area (TPSA) is 52.6 Å². The van der Waals surface area contributed by atoms with Crippen molar-refractivity contribution >= 4 is 11.9 Å². The van der Waals surface area contributed by atoms with Crippen LogP contribution in [0.15, 0.2) is 48.5 Å². The molecule has 0 bridgehead atoms. The lowest BCUT2D eigenvalue weighted by Crippen LogP contribution is -2.09. The van der Waals surface area contributed by atoms with Gasteiger partial charge in [-0.1, -0.05) is 30.3 Å². The Labute approximate surface area is 139 Å². The maximum Gasteiger partial charge on any atom is 0.337 e. The van der Waals surface area contributed by atoms with Crippen molar-refractivity contribution in [2.75, 3.05) is 7.11 Å². The second-order valence-corrected chi connectivity index (χ2v) is 5.77. The van der Waals surface area contributed by atoms with Crippen LogP contribution in [0.5, 0.6) is 0 Å². The van der Waals surface area contributed by atoms with E-state index in [4.69, 9.17) is 4.74 Å². The molecule has 3 rings (SSSR count). The summed E-state index contributed by atoms with van der Waals surface area (Å²) in [5, 5.41) is 0. The molecule has 5 heteroatoms. The number of esters is 2. The SMILES string of the molecule is COC(=O)c1cccc(COC(=O)C2CC2c2ccccc2F)c1. The molecule has 0 aliphatic heterocycles. The Bertz CT molecular complexity index is 771. The van der Waals surface area contributed by atoms with Gasteiger partial charge >= 0.3 is 11.9 Å². The summed E-state index contributed by atoms with van der Waals surface area (Å²) in [6, 6.07) is 13.2. The maximum atomic E-state index is 13.7. The summed E-state index contributed by atoms with van der Waals surface area (Å²) < 4.78 is 23.7. The average Bonchev–Trinajstić information content (AvgIpc) is 3.40. The van der Waals surface area contributed by atoms with Crippen molar-refractivity contribution in [3.8, 4) is 0 Å². The third kappa shape index (κ3) is 3.45. The first-order valence-electron chi connectivity index (χ1n) is 7.68. The van der Waals surface area contributed by atoms with E-state index in [0.717, 1.165) is 0 Å². The van der Waals surface area contributed by atoms with E-state index < -0.39 is 5.97 Å². The van der Waals surface area contributed by atoms with Gasteiger partial charge in [0.05, 0.1) is 18.6 Å². The van der Waals surface area contributed by atoms with Crippen molar-refractivity contribution < 1.29 is 23.5 Å². The van der Waals surface area contributed by atoms with Gasteiger partial charge in [-0.3, -0.25) is 4.79 Å². The van der Waals surface area contributed by atoms with Gasteiger partial charge in [0.2, 0.25) is 0 Å². The number of rotatable bonds is 5. The van der Waals surface area contributed by atoms with Gasteiger partial charge in [0.1, 0.15) is 12.4 Å². The zero-order chi connectivity index (χ0) is 17.1. The molecule has 4 nitrogen and oxygen atoms in total. The molecule has 1 aliphatic rings. The summed E-state index contributed by atoms with van der Waals surface area (Å²) in [5.41, 5.74) is 1.67. The van der Waals surface area contributed by atoms with Crippen molar-refractivity contribution in [2.45, 2.75) is 18.9 Å². The van der Waals surface area contributed by atoms with Gasteiger partial charge in [0, 0.05) is 5.92 Å². The smallest absolute Gasteiger partial charge is 0.337 e. The van der Waals surface area contributed by atoms with Crippen molar-refractivity contribution in [3.05, 3.63) is 71.0 Å². The lowest BCUT2D eigenvalue weighted by molar-refractivity contribution is -0.146. The van der Waals surface area contributed by atoms with E-state index in [1.165, 1.54) is 13.2 Å². The lowest BCUT2D eigenvalue weighted by Gasteiger charge is -2.07. The quantitative estimate of drug-likeness (QED) is 0.789. The summed E-state index contributed by atoms with van der Waals surface area (Å²) in [6.07, 6.45) is 0.599. The first-order chi connectivity index (χ1) is 11.6. The van der Waals surface area contributed by atoms with Gasteiger partial charge in [0.15, 0.2) is 0 Å². The fraction of sp³-hybridized carbons (Fsp3) is 0.263. The van der Waals surface area contributed by atoms with Gasteiger partial charge in [0.25, 0.3) is 0 Å². The Morgan fingerprint density at radius 3 is 2.71 bits per heavy atom. The number of halogens is 1. The largest absolute Gasteiger partial charge is 0.465 e. The zero-order valence-corrected chi connectivity index (χ0v) is 13.2. The molecule has 2 aromatic rings. The third-order valence-electron chi connectivity index (χ3n) is 4.13.